The molecule has 0 spiro atoms. The van der Waals surface area contributed by atoms with Crippen LogP contribution in [0.5, 0.6) is 0 Å². The van der Waals surface area contributed by atoms with Gasteiger partial charge in [-0.25, -0.2) is 4.98 Å². The second kappa shape index (κ2) is 8.26. The molecular weight excluding hydrogens is 366 g/mol. The number of anilines is 2. The standard InChI is InChI=1S/C18H21N5O3S/c1-4-23-14-8-6-5-7-13(14)19-18(23)21-16(24)10-27-12(3)17(25)20-15-9-11(2)26-22-15/h5-9,12H,4,10H2,1-3H3,(H,19,21,24)(H,20,22,25). The normalized spacial score (nSPS) is 12.1. The van der Waals surface area contributed by atoms with E-state index in [1.165, 1.54) is 11.8 Å². The highest BCUT2D eigenvalue weighted by molar-refractivity contribution is 8.01. The predicted octanol–water partition coefficient (Wildman–Crippen LogP) is 3.05. The summed E-state index contributed by atoms with van der Waals surface area (Å²) in [6, 6.07) is 9.36. The van der Waals surface area contributed by atoms with Crippen molar-refractivity contribution in [3.63, 3.8) is 0 Å². The van der Waals surface area contributed by atoms with Gasteiger partial charge in [0, 0.05) is 12.6 Å². The van der Waals surface area contributed by atoms with Crippen molar-refractivity contribution in [2.75, 3.05) is 16.4 Å². The summed E-state index contributed by atoms with van der Waals surface area (Å²) in [6.07, 6.45) is 0. The SMILES string of the molecule is CCn1c(NC(=O)CSC(C)C(=O)Nc2cc(C)on2)nc2ccccc21. The van der Waals surface area contributed by atoms with E-state index in [9.17, 15) is 9.59 Å². The fraction of sp³-hybridized carbons (Fsp3) is 0.333. The second-order valence-electron chi connectivity index (χ2n) is 5.98. The molecule has 0 fully saturated rings. The molecule has 1 atom stereocenters. The van der Waals surface area contributed by atoms with Crippen molar-refractivity contribution >= 4 is 46.4 Å². The summed E-state index contributed by atoms with van der Waals surface area (Å²) in [5, 5.41) is 8.79. The van der Waals surface area contributed by atoms with Gasteiger partial charge >= 0.3 is 0 Å². The maximum Gasteiger partial charge on any atom is 0.238 e. The average molecular weight is 387 g/mol. The molecule has 0 radical (unpaired) electrons. The lowest BCUT2D eigenvalue weighted by atomic mass is 10.3. The van der Waals surface area contributed by atoms with Crippen LogP contribution in [0.1, 0.15) is 19.6 Å². The second-order valence-corrected chi connectivity index (χ2v) is 7.31. The maximum absolute atomic E-state index is 12.3. The monoisotopic (exact) mass is 387 g/mol. The van der Waals surface area contributed by atoms with Crippen molar-refractivity contribution in [3.05, 3.63) is 36.1 Å². The van der Waals surface area contributed by atoms with Crippen LogP contribution < -0.4 is 10.6 Å². The fourth-order valence-corrected chi connectivity index (χ4v) is 3.27. The molecule has 0 aliphatic carbocycles. The number of nitrogens with zero attached hydrogens (tertiary/aromatic N) is 3. The number of nitrogens with one attached hydrogen (secondary N) is 2. The Morgan fingerprint density at radius 2 is 2.07 bits per heavy atom. The Balaban J connectivity index is 1.55. The lowest BCUT2D eigenvalue weighted by Crippen LogP contribution is -2.25. The van der Waals surface area contributed by atoms with Crippen molar-refractivity contribution in [1.82, 2.24) is 14.7 Å². The molecule has 0 saturated heterocycles. The van der Waals surface area contributed by atoms with Gasteiger partial charge in [0.05, 0.1) is 22.0 Å². The number of benzene rings is 1. The Morgan fingerprint density at radius 3 is 2.78 bits per heavy atom. The van der Waals surface area contributed by atoms with Crippen molar-refractivity contribution in [1.29, 1.82) is 0 Å². The maximum atomic E-state index is 12.3. The third-order valence-electron chi connectivity index (χ3n) is 3.93. The number of hydrogen-bond acceptors (Lipinski definition) is 6. The lowest BCUT2D eigenvalue weighted by Gasteiger charge is -2.11. The topological polar surface area (TPSA) is 102 Å². The Kier molecular flexibility index (Phi) is 5.80. The summed E-state index contributed by atoms with van der Waals surface area (Å²) in [7, 11) is 0. The van der Waals surface area contributed by atoms with Crippen LogP contribution in [0.4, 0.5) is 11.8 Å². The van der Waals surface area contributed by atoms with Gasteiger partial charge < -0.3 is 14.4 Å². The van der Waals surface area contributed by atoms with Gasteiger partial charge in [0.25, 0.3) is 0 Å². The summed E-state index contributed by atoms with van der Waals surface area (Å²) in [4.78, 5) is 28.9. The molecule has 9 heteroatoms. The van der Waals surface area contributed by atoms with Crippen LogP contribution in [0, 0.1) is 6.92 Å². The largest absolute Gasteiger partial charge is 0.360 e. The highest BCUT2D eigenvalue weighted by atomic mass is 32.2. The number of para-hydroxylation sites is 2. The number of carbonyl (C=O) groups excluding carboxylic acids is 2. The van der Waals surface area contributed by atoms with E-state index in [1.807, 2.05) is 35.8 Å². The first-order valence-corrected chi connectivity index (χ1v) is 9.63. The van der Waals surface area contributed by atoms with Crippen molar-refractivity contribution in [3.8, 4) is 0 Å². The molecule has 2 aromatic heterocycles. The van der Waals surface area contributed by atoms with Crippen LogP contribution in [-0.2, 0) is 16.1 Å². The van der Waals surface area contributed by atoms with Crippen LogP contribution in [0.3, 0.4) is 0 Å². The van der Waals surface area contributed by atoms with Crippen molar-refractivity contribution < 1.29 is 14.1 Å². The molecule has 2 N–H and O–H groups in total. The molecule has 0 saturated carbocycles. The van der Waals surface area contributed by atoms with Gasteiger partial charge in [0.1, 0.15) is 5.76 Å². The minimum atomic E-state index is -0.419. The van der Waals surface area contributed by atoms with Crippen molar-refractivity contribution in [2.24, 2.45) is 0 Å². The molecule has 1 unspecified atom stereocenters. The number of thioether (sulfide) groups is 1. The van der Waals surface area contributed by atoms with Gasteiger partial charge in [-0.2, -0.15) is 0 Å². The Labute approximate surface area is 160 Å². The fourth-order valence-electron chi connectivity index (χ4n) is 2.58. The number of aryl methyl sites for hydroxylation is 2. The number of carbonyl (C=O) groups is 2. The number of aromatic nitrogens is 3. The number of imidazole rings is 1. The Morgan fingerprint density at radius 1 is 1.30 bits per heavy atom. The van der Waals surface area contributed by atoms with E-state index in [2.05, 4.69) is 20.8 Å². The zero-order valence-electron chi connectivity index (χ0n) is 15.4. The average Bonchev–Trinajstić information content (AvgIpc) is 3.21. The van der Waals surface area contributed by atoms with E-state index >= 15 is 0 Å². The minimum Gasteiger partial charge on any atom is -0.360 e. The zero-order valence-corrected chi connectivity index (χ0v) is 16.2. The molecule has 3 aromatic rings. The quantitative estimate of drug-likeness (QED) is 0.646. The molecular formula is C18H21N5O3S. The smallest absolute Gasteiger partial charge is 0.238 e. The molecule has 27 heavy (non-hydrogen) atoms. The minimum absolute atomic E-state index is 0.138. The highest BCUT2D eigenvalue weighted by Gasteiger charge is 2.18. The first-order chi connectivity index (χ1) is 13.0. The molecule has 3 rings (SSSR count). The van der Waals surface area contributed by atoms with Gasteiger partial charge in [-0.1, -0.05) is 17.3 Å². The van der Waals surface area contributed by atoms with Gasteiger partial charge in [0.15, 0.2) is 5.82 Å². The van der Waals surface area contributed by atoms with Crippen LogP contribution >= 0.6 is 11.8 Å². The van der Waals surface area contributed by atoms with Gasteiger partial charge in [-0.05, 0) is 32.9 Å². The third-order valence-corrected chi connectivity index (χ3v) is 5.08. The summed E-state index contributed by atoms with van der Waals surface area (Å²) < 4.78 is 6.86. The predicted molar refractivity (Wildman–Crippen MR) is 106 cm³/mol. The van der Waals surface area contributed by atoms with E-state index in [-0.39, 0.29) is 17.6 Å². The number of rotatable bonds is 7. The van der Waals surface area contributed by atoms with E-state index in [0.29, 0.717) is 24.1 Å². The highest BCUT2D eigenvalue weighted by Crippen LogP contribution is 2.20. The van der Waals surface area contributed by atoms with Gasteiger partial charge in [-0.15, -0.1) is 11.8 Å². The first-order valence-electron chi connectivity index (χ1n) is 8.58. The first kappa shape index (κ1) is 19.0. The molecule has 142 valence electrons. The third kappa shape index (κ3) is 4.48. The summed E-state index contributed by atoms with van der Waals surface area (Å²) >= 11 is 1.24. The van der Waals surface area contributed by atoms with Crippen LogP contribution in [0.15, 0.2) is 34.9 Å². The Bertz CT molecular complexity index is 965. The number of hydrogen-bond donors (Lipinski definition) is 2. The Hall–Kier alpha value is -2.81. The van der Waals surface area contributed by atoms with Gasteiger partial charge in [0.2, 0.25) is 17.8 Å². The number of amides is 2. The molecule has 8 nitrogen and oxygen atoms in total. The van der Waals surface area contributed by atoms with Crippen LogP contribution in [0.25, 0.3) is 11.0 Å². The van der Waals surface area contributed by atoms with E-state index in [4.69, 9.17) is 4.52 Å². The van der Waals surface area contributed by atoms with Crippen LogP contribution in [-0.4, -0.2) is 37.5 Å². The van der Waals surface area contributed by atoms with E-state index < -0.39 is 5.25 Å². The molecule has 0 aliphatic heterocycles. The zero-order chi connectivity index (χ0) is 19.4. The lowest BCUT2D eigenvalue weighted by molar-refractivity contribution is -0.115. The van der Waals surface area contributed by atoms with Gasteiger partial charge in [-0.3, -0.25) is 14.9 Å². The molecule has 0 aliphatic rings. The summed E-state index contributed by atoms with van der Waals surface area (Å²) in [6.45, 7) is 6.17. The number of fused-ring (bicyclic) bond motifs is 1. The molecule has 1 aromatic carbocycles. The molecule has 0 bridgehead atoms. The summed E-state index contributed by atoms with van der Waals surface area (Å²) in [5.41, 5.74) is 1.80. The van der Waals surface area contributed by atoms with Crippen LogP contribution in [0.2, 0.25) is 0 Å². The van der Waals surface area contributed by atoms with E-state index in [1.54, 1.807) is 19.9 Å². The van der Waals surface area contributed by atoms with E-state index in [0.717, 1.165) is 11.0 Å². The summed E-state index contributed by atoms with van der Waals surface area (Å²) in [5.74, 6) is 1.19. The molecule has 2 heterocycles. The molecule has 2 amide bonds. The van der Waals surface area contributed by atoms with Crippen molar-refractivity contribution in [2.45, 2.75) is 32.6 Å².